The summed E-state index contributed by atoms with van der Waals surface area (Å²) in [5.41, 5.74) is 3.92. The number of carbonyl (C=O) groups is 1. The lowest BCUT2D eigenvalue weighted by molar-refractivity contribution is 0.0205. The molecule has 7 heteroatoms. The fourth-order valence-electron chi connectivity index (χ4n) is 4.03. The van der Waals surface area contributed by atoms with Crippen molar-refractivity contribution in [1.29, 1.82) is 0 Å². The number of hydrogen-bond acceptors (Lipinski definition) is 3. The van der Waals surface area contributed by atoms with Crippen molar-refractivity contribution in [3.05, 3.63) is 64.2 Å². The highest BCUT2D eigenvalue weighted by atomic mass is 35.5. The normalized spacial score (nSPS) is 15.5. The van der Waals surface area contributed by atoms with Crippen LogP contribution in [0.1, 0.15) is 56.4 Å². The predicted octanol–water partition coefficient (Wildman–Crippen LogP) is 6.06. The molecule has 1 aliphatic rings. The zero-order valence-electron chi connectivity index (χ0n) is 18.0. The van der Waals surface area contributed by atoms with Crippen LogP contribution in [0.3, 0.4) is 0 Å². The van der Waals surface area contributed by atoms with Crippen LogP contribution in [0.15, 0.2) is 36.5 Å². The van der Waals surface area contributed by atoms with E-state index in [1.165, 1.54) is 6.07 Å². The van der Waals surface area contributed by atoms with E-state index in [4.69, 9.17) is 21.3 Å². The summed E-state index contributed by atoms with van der Waals surface area (Å²) in [6, 6.07) is 8.63. The number of hydrogen-bond donors (Lipinski definition) is 1. The van der Waals surface area contributed by atoms with Gasteiger partial charge in [-0.05, 0) is 74.9 Å². The van der Waals surface area contributed by atoms with Crippen LogP contribution < -0.4 is 0 Å². The zero-order chi connectivity index (χ0) is 22.2. The Balaban J connectivity index is 1.49. The van der Waals surface area contributed by atoms with Crippen LogP contribution in [-0.2, 0) is 11.2 Å². The summed E-state index contributed by atoms with van der Waals surface area (Å²) >= 11 is 5.86. The molecule has 3 heterocycles. The van der Waals surface area contributed by atoms with Crippen molar-refractivity contribution in [1.82, 2.24) is 14.9 Å². The highest BCUT2D eigenvalue weighted by Gasteiger charge is 2.28. The molecule has 0 spiro atoms. The largest absolute Gasteiger partial charge is 0.444 e. The van der Waals surface area contributed by atoms with Crippen molar-refractivity contribution < 1.29 is 13.9 Å². The lowest BCUT2D eigenvalue weighted by atomic mass is 9.90. The first-order valence-corrected chi connectivity index (χ1v) is 11.0. The molecular weight excluding hydrogens is 417 g/mol. The molecule has 1 amide bonds. The molecule has 164 valence electrons. The molecule has 1 saturated heterocycles. The van der Waals surface area contributed by atoms with Gasteiger partial charge in [-0.1, -0.05) is 17.7 Å². The van der Waals surface area contributed by atoms with Crippen molar-refractivity contribution in [3.8, 4) is 0 Å². The smallest absolute Gasteiger partial charge is 0.410 e. The number of carbonyl (C=O) groups excluding carboxylic acids is 1. The van der Waals surface area contributed by atoms with Crippen LogP contribution in [-0.4, -0.2) is 39.7 Å². The molecule has 0 bridgehead atoms. The first kappa shape index (κ1) is 21.6. The molecule has 1 aliphatic heterocycles. The second kappa shape index (κ2) is 8.50. The highest BCUT2D eigenvalue weighted by Crippen LogP contribution is 2.33. The fourth-order valence-corrected chi connectivity index (χ4v) is 4.19. The number of nitrogens with zero attached hydrogens (tertiary/aromatic N) is 2. The fraction of sp³-hybridized carbons (Fsp3) is 0.417. The van der Waals surface area contributed by atoms with Gasteiger partial charge in [-0.15, -0.1) is 0 Å². The maximum absolute atomic E-state index is 14.2. The van der Waals surface area contributed by atoms with E-state index in [1.807, 2.05) is 39.1 Å². The topological polar surface area (TPSA) is 58.2 Å². The third-order valence-electron chi connectivity index (χ3n) is 5.58. The second-order valence-corrected chi connectivity index (χ2v) is 9.53. The Morgan fingerprint density at radius 3 is 2.68 bits per heavy atom. The van der Waals surface area contributed by atoms with Gasteiger partial charge in [0.2, 0.25) is 0 Å². The Kier molecular flexibility index (Phi) is 5.93. The van der Waals surface area contributed by atoms with Crippen LogP contribution in [0.2, 0.25) is 5.02 Å². The van der Waals surface area contributed by atoms with Gasteiger partial charge in [-0.25, -0.2) is 9.18 Å². The van der Waals surface area contributed by atoms with Crippen LogP contribution in [0, 0.1) is 5.82 Å². The number of benzene rings is 1. The Hall–Kier alpha value is -2.60. The number of H-pyrrole nitrogens is 1. The summed E-state index contributed by atoms with van der Waals surface area (Å²) < 4.78 is 19.7. The maximum Gasteiger partial charge on any atom is 0.410 e. The standard InChI is InChI=1S/C24H27ClFN3O2/c1-24(2,3)31-23(30)29-10-8-15(9-11-29)19-14-27-21-7-6-18(28-22(19)21)12-16-4-5-17(25)13-20(16)26/h4-7,13-15,27H,8-12H2,1-3H3. The predicted molar refractivity (Wildman–Crippen MR) is 120 cm³/mol. The van der Waals surface area contributed by atoms with Crippen LogP contribution in [0.5, 0.6) is 0 Å². The van der Waals surface area contributed by atoms with Gasteiger partial charge in [0, 0.05) is 36.4 Å². The van der Waals surface area contributed by atoms with Gasteiger partial charge < -0.3 is 14.6 Å². The summed E-state index contributed by atoms with van der Waals surface area (Å²) in [6.45, 7) is 6.94. The van der Waals surface area contributed by atoms with Crippen molar-refractivity contribution in [2.24, 2.45) is 0 Å². The molecule has 0 unspecified atom stereocenters. The number of halogens is 2. The van der Waals surface area contributed by atoms with Crippen molar-refractivity contribution in [2.75, 3.05) is 13.1 Å². The summed E-state index contributed by atoms with van der Waals surface area (Å²) in [5, 5.41) is 0.385. The van der Waals surface area contributed by atoms with E-state index in [0.29, 0.717) is 36.0 Å². The van der Waals surface area contributed by atoms with Gasteiger partial charge in [0.15, 0.2) is 0 Å². The van der Waals surface area contributed by atoms with E-state index in [-0.39, 0.29) is 11.9 Å². The average molecular weight is 444 g/mol. The number of nitrogens with one attached hydrogen (secondary N) is 1. The van der Waals surface area contributed by atoms with Gasteiger partial charge in [-0.3, -0.25) is 4.98 Å². The van der Waals surface area contributed by atoms with E-state index in [1.54, 1.807) is 17.0 Å². The number of amides is 1. The molecule has 0 saturated carbocycles. The Morgan fingerprint density at radius 1 is 1.26 bits per heavy atom. The molecule has 1 N–H and O–H groups in total. The van der Waals surface area contributed by atoms with Crippen LogP contribution in [0.25, 0.3) is 11.0 Å². The van der Waals surface area contributed by atoms with Crippen molar-refractivity contribution in [2.45, 2.75) is 51.6 Å². The van der Waals surface area contributed by atoms with Gasteiger partial charge in [0.05, 0.1) is 11.0 Å². The molecule has 4 rings (SSSR count). The molecular formula is C24H27ClFN3O2. The highest BCUT2D eigenvalue weighted by molar-refractivity contribution is 6.30. The number of likely N-dealkylation sites (tertiary alicyclic amines) is 1. The third kappa shape index (κ3) is 5.01. The van der Waals surface area contributed by atoms with Crippen LogP contribution >= 0.6 is 11.6 Å². The quantitative estimate of drug-likeness (QED) is 0.535. The molecule has 0 aliphatic carbocycles. The zero-order valence-corrected chi connectivity index (χ0v) is 18.8. The Labute approximate surface area is 186 Å². The summed E-state index contributed by atoms with van der Waals surface area (Å²) in [5.74, 6) is -0.0133. The van der Waals surface area contributed by atoms with E-state index >= 15 is 0 Å². The average Bonchev–Trinajstić information content (AvgIpc) is 3.12. The molecule has 1 aromatic carbocycles. The Morgan fingerprint density at radius 2 is 2.00 bits per heavy atom. The second-order valence-electron chi connectivity index (χ2n) is 9.10. The van der Waals surface area contributed by atoms with Gasteiger partial charge >= 0.3 is 6.09 Å². The molecule has 0 radical (unpaired) electrons. The minimum absolute atomic E-state index is 0.254. The number of piperidine rings is 1. The van der Waals surface area contributed by atoms with Gasteiger partial charge in [0.25, 0.3) is 0 Å². The first-order chi connectivity index (χ1) is 14.7. The molecule has 3 aromatic rings. The SMILES string of the molecule is CC(C)(C)OC(=O)N1CCC(c2c[nH]c3ccc(Cc4ccc(Cl)cc4F)nc23)CC1. The number of rotatable bonds is 3. The van der Waals surface area contributed by atoms with Crippen LogP contribution in [0.4, 0.5) is 9.18 Å². The summed E-state index contributed by atoms with van der Waals surface area (Å²) in [6.07, 6.45) is 3.86. The number of pyridine rings is 1. The Bertz CT molecular complexity index is 1100. The number of aromatic nitrogens is 2. The number of ether oxygens (including phenoxy) is 1. The number of aromatic amines is 1. The minimum atomic E-state index is -0.491. The first-order valence-electron chi connectivity index (χ1n) is 10.6. The third-order valence-corrected chi connectivity index (χ3v) is 5.82. The van der Waals surface area contributed by atoms with E-state index in [9.17, 15) is 9.18 Å². The summed E-state index contributed by atoms with van der Waals surface area (Å²) in [4.78, 5) is 22.2. The molecule has 5 nitrogen and oxygen atoms in total. The van der Waals surface area contributed by atoms with E-state index < -0.39 is 5.60 Å². The molecule has 1 fully saturated rings. The van der Waals surface area contributed by atoms with E-state index in [0.717, 1.165) is 35.1 Å². The lowest BCUT2D eigenvalue weighted by Crippen LogP contribution is -2.41. The van der Waals surface area contributed by atoms with E-state index in [2.05, 4.69) is 4.98 Å². The van der Waals surface area contributed by atoms with Crippen molar-refractivity contribution >= 4 is 28.7 Å². The lowest BCUT2D eigenvalue weighted by Gasteiger charge is -2.33. The number of fused-ring (bicyclic) bond motifs is 1. The van der Waals surface area contributed by atoms with Crippen molar-refractivity contribution in [3.63, 3.8) is 0 Å². The van der Waals surface area contributed by atoms with Gasteiger partial charge in [-0.2, -0.15) is 0 Å². The van der Waals surface area contributed by atoms with Gasteiger partial charge in [0.1, 0.15) is 11.4 Å². The minimum Gasteiger partial charge on any atom is -0.444 e. The molecule has 2 aromatic heterocycles. The molecule has 0 atom stereocenters. The summed E-state index contributed by atoms with van der Waals surface area (Å²) in [7, 11) is 0. The molecule has 31 heavy (non-hydrogen) atoms. The maximum atomic E-state index is 14.2. The monoisotopic (exact) mass is 443 g/mol.